The highest BCUT2D eigenvalue weighted by atomic mass is 19.1. The SMILES string of the molecule is CC1CCCCN1c1cc(-c2ccccc2F)ccc1C#N. The van der Waals surface area contributed by atoms with Crippen molar-refractivity contribution in [1.29, 1.82) is 5.26 Å². The summed E-state index contributed by atoms with van der Waals surface area (Å²) in [6, 6.07) is 15.0. The summed E-state index contributed by atoms with van der Waals surface area (Å²) < 4.78 is 14.0. The van der Waals surface area contributed by atoms with Crippen molar-refractivity contribution >= 4 is 5.69 Å². The van der Waals surface area contributed by atoms with Crippen LogP contribution in [0.15, 0.2) is 42.5 Å². The van der Waals surface area contributed by atoms with E-state index in [2.05, 4.69) is 17.9 Å². The number of piperidine rings is 1. The van der Waals surface area contributed by atoms with Crippen LogP contribution in [0.3, 0.4) is 0 Å². The molecule has 112 valence electrons. The molecule has 0 saturated carbocycles. The molecule has 0 radical (unpaired) electrons. The van der Waals surface area contributed by atoms with Gasteiger partial charge in [0.1, 0.15) is 11.9 Å². The molecular weight excluding hydrogens is 275 g/mol. The second kappa shape index (κ2) is 6.19. The fraction of sp³-hybridized carbons (Fsp3) is 0.316. The highest BCUT2D eigenvalue weighted by molar-refractivity contribution is 5.73. The molecule has 2 nitrogen and oxygen atoms in total. The van der Waals surface area contributed by atoms with Gasteiger partial charge in [0.15, 0.2) is 0 Å². The number of anilines is 1. The molecule has 1 atom stereocenters. The predicted molar refractivity (Wildman–Crippen MR) is 87.2 cm³/mol. The fourth-order valence-corrected chi connectivity index (χ4v) is 3.18. The number of benzene rings is 2. The molecule has 1 fully saturated rings. The van der Waals surface area contributed by atoms with E-state index in [0.29, 0.717) is 17.2 Å². The Morgan fingerprint density at radius 3 is 2.73 bits per heavy atom. The van der Waals surface area contributed by atoms with E-state index in [1.165, 1.54) is 12.5 Å². The first-order valence-electron chi connectivity index (χ1n) is 7.76. The summed E-state index contributed by atoms with van der Waals surface area (Å²) in [7, 11) is 0. The van der Waals surface area contributed by atoms with Crippen LogP contribution in [0.2, 0.25) is 0 Å². The number of rotatable bonds is 2. The van der Waals surface area contributed by atoms with E-state index in [-0.39, 0.29) is 5.82 Å². The topological polar surface area (TPSA) is 27.0 Å². The van der Waals surface area contributed by atoms with Crippen LogP contribution in [0, 0.1) is 17.1 Å². The maximum absolute atomic E-state index is 14.0. The second-order valence-electron chi connectivity index (χ2n) is 5.86. The van der Waals surface area contributed by atoms with Gasteiger partial charge in [0.25, 0.3) is 0 Å². The quantitative estimate of drug-likeness (QED) is 0.799. The average molecular weight is 294 g/mol. The van der Waals surface area contributed by atoms with Crippen LogP contribution < -0.4 is 4.90 Å². The zero-order valence-corrected chi connectivity index (χ0v) is 12.7. The lowest BCUT2D eigenvalue weighted by Crippen LogP contribution is -2.37. The number of nitriles is 1. The van der Waals surface area contributed by atoms with E-state index in [1.54, 1.807) is 18.2 Å². The van der Waals surface area contributed by atoms with Crippen LogP contribution in [0.1, 0.15) is 31.7 Å². The number of nitrogens with zero attached hydrogens (tertiary/aromatic N) is 2. The molecule has 1 aliphatic heterocycles. The van der Waals surface area contributed by atoms with Crippen molar-refractivity contribution in [3.05, 3.63) is 53.8 Å². The van der Waals surface area contributed by atoms with E-state index >= 15 is 0 Å². The maximum atomic E-state index is 14.0. The normalized spacial score (nSPS) is 18.0. The molecule has 3 heteroatoms. The zero-order valence-electron chi connectivity index (χ0n) is 12.7. The largest absolute Gasteiger partial charge is 0.368 e. The van der Waals surface area contributed by atoms with Gasteiger partial charge < -0.3 is 4.90 Å². The molecule has 1 unspecified atom stereocenters. The summed E-state index contributed by atoms with van der Waals surface area (Å²) >= 11 is 0. The molecule has 0 spiro atoms. The minimum atomic E-state index is -0.232. The van der Waals surface area contributed by atoms with Crippen molar-refractivity contribution in [2.45, 2.75) is 32.2 Å². The van der Waals surface area contributed by atoms with Crippen molar-refractivity contribution in [3.8, 4) is 17.2 Å². The van der Waals surface area contributed by atoms with Gasteiger partial charge in [-0.15, -0.1) is 0 Å². The lowest BCUT2D eigenvalue weighted by atomic mass is 9.98. The standard InChI is InChI=1S/C19H19FN2/c1-14-6-4-5-11-22(14)19-12-15(9-10-16(19)13-21)17-7-2-3-8-18(17)20/h2-3,7-10,12,14H,4-6,11H2,1H3. The Bertz CT molecular complexity index is 718. The number of hydrogen-bond donors (Lipinski definition) is 0. The van der Waals surface area contributed by atoms with Gasteiger partial charge in [0.05, 0.1) is 11.3 Å². The molecule has 0 bridgehead atoms. The van der Waals surface area contributed by atoms with E-state index in [0.717, 1.165) is 30.6 Å². The Kier molecular flexibility index (Phi) is 4.11. The summed E-state index contributed by atoms with van der Waals surface area (Å²) in [5.74, 6) is -0.232. The summed E-state index contributed by atoms with van der Waals surface area (Å²) in [5.41, 5.74) is 2.99. The van der Waals surface area contributed by atoms with Gasteiger partial charge in [-0.05, 0) is 49.9 Å². The highest BCUT2D eigenvalue weighted by Gasteiger charge is 2.21. The van der Waals surface area contributed by atoms with Gasteiger partial charge in [-0.25, -0.2) is 4.39 Å². The monoisotopic (exact) mass is 294 g/mol. The summed E-state index contributed by atoms with van der Waals surface area (Å²) in [6.07, 6.45) is 3.50. The summed E-state index contributed by atoms with van der Waals surface area (Å²) in [4.78, 5) is 2.28. The molecule has 22 heavy (non-hydrogen) atoms. The lowest BCUT2D eigenvalue weighted by molar-refractivity contribution is 0.484. The third-order valence-corrected chi connectivity index (χ3v) is 4.42. The fourth-order valence-electron chi connectivity index (χ4n) is 3.18. The van der Waals surface area contributed by atoms with Gasteiger partial charge in [0, 0.05) is 18.2 Å². The first-order valence-corrected chi connectivity index (χ1v) is 7.76. The molecule has 0 amide bonds. The third-order valence-electron chi connectivity index (χ3n) is 4.42. The minimum Gasteiger partial charge on any atom is -0.368 e. The van der Waals surface area contributed by atoms with Crippen molar-refractivity contribution in [3.63, 3.8) is 0 Å². The van der Waals surface area contributed by atoms with Crippen molar-refractivity contribution in [2.24, 2.45) is 0 Å². The van der Waals surface area contributed by atoms with Crippen LogP contribution in [0.25, 0.3) is 11.1 Å². The molecule has 2 aromatic carbocycles. The second-order valence-corrected chi connectivity index (χ2v) is 5.86. The van der Waals surface area contributed by atoms with Crippen molar-refractivity contribution in [1.82, 2.24) is 0 Å². The Hall–Kier alpha value is -2.34. The van der Waals surface area contributed by atoms with E-state index in [1.807, 2.05) is 18.2 Å². The van der Waals surface area contributed by atoms with Crippen molar-refractivity contribution in [2.75, 3.05) is 11.4 Å². The van der Waals surface area contributed by atoms with E-state index in [9.17, 15) is 9.65 Å². The smallest absolute Gasteiger partial charge is 0.131 e. The van der Waals surface area contributed by atoms with Crippen molar-refractivity contribution < 1.29 is 4.39 Å². The molecule has 1 heterocycles. The van der Waals surface area contributed by atoms with Gasteiger partial charge in [0.2, 0.25) is 0 Å². The summed E-state index contributed by atoms with van der Waals surface area (Å²) in [6.45, 7) is 3.15. The molecule has 0 N–H and O–H groups in total. The van der Waals surface area contributed by atoms with Gasteiger partial charge in [-0.1, -0.05) is 24.3 Å². The van der Waals surface area contributed by atoms with E-state index < -0.39 is 0 Å². The predicted octanol–water partition coefficient (Wildman–Crippen LogP) is 4.74. The summed E-state index contributed by atoms with van der Waals surface area (Å²) in [5, 5.41) is 9.40. The average Bonchev–Trinajstić information content (AvgIpc) is 2.55. The maximum Gasteiger partial charge on any atom is 0.131 e. The molecule has 3 rings (SSSR count). The van der Waals surface area contributed by atoms with Gasteiger partial charge in [-0.3, -0.25) is 0 Å². The van der Waals surface area contributed by atoms with Gasteiger partial charge >= 0.3 is 0 Å². The Morgan fingerprint density at radius 1 is 1.18 bits per heavy atom. The van der Waals surface area contributed by atoms with Crippen LogP contribution in [-0.2, 0) is 0 Å². The van der Waals surface area contributed by atoms with Crippen LogP contribution in [0.5, 0.6) is 0 Å². The van der Waals surface area contributed by atoms with E-state index in [4.69, 9.17) is 0 Å². The Labute approximate surface area is 130 Å². The first kappa shape index (κ1) is 14.6. The molecule has 0 aliphatic carbocycles. The number of halogens is 1. The molecule has 1 saturated heterocycles. The van der Waals surface area contributed by atoms with Gasteiger partial charge in [-0.2, -0.15) is 5.26 Å². The highest BCUT2D eigenvalue weighted by Crippen LogP contribution is 2.32. The first-order chi connectivity index (χ1) is 10.7. The molecular formula is C19H19FN2. The lowest BCUT2D eigenvalue weighted by Gasteiger charge is -2.36. The van der Waals surface area contributed by atoms with Crippen LogP contribution >= 0.6 is 0 Å². The van der Waals surface area contributed by atoms with Crippen LogP contribution in [-0.4, -0.2) is 12.6 Å². The molecule has 2 aromatic rings. The Morgan fingerprint density at radius 2 is 2.00 bits per heavy atom. The third kappa shape index (κ3) is 2.69. The zero-order chi connectivity index (χ0) is 15.5. The molecule has 1 aliphatic rings. The Balaban J connectivity index is 2.07. The molecule has 0 aromatic heterocycles. The number of hydrogen-bond acceptors (Lipinski definition) is 2. The van der Waals surface area contributed by atoms with Crippen LogP contribution in [0.4, 0.5) is 10.1 Å². The minimum absolute atomic E-state index is 0.232.